The van der Waals surface area contributed by atoms with Crippen LogP contribution in [0.25, 0.3) is 10.1 Å². The number of anilines is 1. The van der Waals surface area contributed by atoms with E-state index in [0.29, 0.717) is 28.9 Å². The minimum absolute atomic E-state index is 0.0623. The summed E-state index contributed by atoms with van der Waals surface area (Å²) < 4.78 is 20.5. The Hall–Kier alpha value is -2.44. The minimum atomic E-state index is -0.309. The first kappa shape index (κ1) is 17.9. The van der Waals surface area contributed by atoms with Gasteiger partial charge in [0.2, 0.25) is 0 Å². The van der Waals surface area contributed by atoms with E-state index in [0.717, 1.165) is 22.5 Å². The third kappa shape index (κ3) is 3.19. The van der Waals surface area contributed by atoms with Crippen LogP contribution in [0.4, 0.5) is 10.1 Å². The summed E-state index contributed by atoms with van der Waals surface area (Å²) in [5, 5.41) is 0.500. The van der Waals surface area contributed by atoms with Crippen molar-refractivity contribution >= 4 is 33.0 Å². The van der Waals surface area contributed by atoms with Crippen LogP contribution in [0, 0.1) is 5.82 Å². The monoisotopic (exact) mass is 384 g/mol. The third-order valence-corrected chi connectivity index (χ3v) is 6.19. The van der Waals surface area contributed by atoms with Crippen molar-refractivity contribution in [1.82, 2.24) is 4.90 Å². The lowest BCUT2D eigenvalue weighted by atomic mass is 10.1. The third-order valence-electron chi connectivity index (χ3n) is 5.00. The number of amides is 1. The van der Waals surface area contributed by atoms with Crippen molar-refractivity contribution in [1.29, 1.82) is 0 Å². The van der Waals surface area contributed by atoms with Crippen molar-refractivity contribution < 1.29 is 13.9 Å². The molecule has 0 bridgehead atoms. The summed E-state index contributed by atoms with van der Waals surface area (Å²) in [4.78, 5) is 18.0. The lowest BCUT2D eigenvalue weighted by molar-refractivity contribution is 0.0752. The van der Waals surface area contributed by atoms with Gasteiger partial charge in [0, 0.05) is 55.1 Å². The summed E-state index contributed by atoms with van der Waals surface area (Å²) in [7, 11) is 3.60. The Kier molecular flexibility index (Phi) is 4.85. The number of carbonyl (C=O) groups is 1. The number of hydrogen-bond donors (Lipinski definition) is 0. The minimum Gasteiger partial charge on any atom is -0.380 e. The molecule has 0 fully saturated rings. The fourth-order valence-corrected chi connectivity index (χ4v) is 4.82. The Morgan fingerprint density at radius 2 is 2.00 bits per heavy atom. The van der Waals surface area contributed by atoms with Crippen LogP contribution in [-0.4, -0.2) is 38.1 Å². The smallest absolute Gasteiger partial charge is 0.264 e. The molecule has 0 saturated heterocycles. The van der Waals surface area contributed by atoms with Crippen LogP contribution >= 0.6 is 11.3 Å². The van der Waals surface area contributed by atoms with E-state index in [1.54, 1.807) is 13.2 Å². The van der Waals surface area contributed by atoms with Gasteiger partial charge in [-0.2, -0.15) is 0 Å². The Labute approximate surface area is 161 Å². The second-order valence-corrected chi connectivity index (χ2v) is 7.78. The summed E-state index contributed by atoms with van der Waals surface area (Å²) in [5.74, 6) is -0.372. The zero-order valence-corrected chi connectivity index (χ0v) is 16.2. The summed E-state index contributed by atoms with van der Waals surface area (Å²) >= 11 is 1.34. The van der Waals surface area contributed by atoms with Crippen LogP contribution in [0.3, 0.4) is 0 Å². The van der Waals surface area contributed by atoms with Crippen molar-refractivity contribution in [2.24, 2.45) is 0 Å². The molecule has 1 aliphatic heterocycles. The van der Waals surface area contributed by atoms with Crippen LogP contribution in [0.5, 0.6) is 0 Å². The van der Waals surface area contributed by atoms with Crippen molar-refractivity contribution in [3.8, 4) is 0 Å². The SMILES string of the molecule is COCc1c(C(=O)N2CCN(C)c3ccccc3C2)sc2cccc(F)c12. The van der Waals surface area contributed by atoms with Gasteiger partial charge >= 0.3 is 0 Å². The number of halogens is 1. The highest BCUT2D eigenvalue weighted by Crippen LogP contribution is 2.35. The lowest BCUT2D eigenvalue weighted by Crippen LogP contribution is -2.34. The molecule has 0 unspecified atom stereocenters. The molecule has 3 aromatic rings. The molecule has 1 aromatic heterocycles. The number of hydrogen-bond acceptors (Lipinski definition) is 4. The Morgan fingerprint density at radius 1 is 1.19 bits per heavy atom. The number of ether oxygens (including phenoxy) is 1. The van der Waals surface area contributed by atoms with E-state index >= 15 is 0 Å². The molecule has 4 nitrogen and oxygen atoms in total. The number of benzene rings is 2. The Bertz CT molecular complexity index is 1000. The maximum absolute atomic E-state index is 14.4. The van der Waals surface area contributed by atoms with Crippen molar-refractivity contribution in [2.45, 2.75) is 13.2 Å². The maximum Gasteiger partial charge on any atom is 0.264 e. The molecular weight excluding hydrogens is 363 g/mol. The van der Waals surface area contributed by atoms with E-state index in [-0.39, 0.29) is 18.3 Å². The van der Waals surface area contributed by atoms with Crippen LogP contribution in [0.15, 0.2) is 42.5 Å². The molecule has 0 atom stereocenters. The first-order valence-electron chi connectivity index (χ1n) is 8.87. The lowest BCUT2D eigenvalue weighted by Gasteiger charge is -2.21. The van der Waals surface area contributed by atoms with E-state index in [4.69, 9.17) is 4.74 Å². The molecule has 0 saturated carbocycles. The van der Waals surface area contributed by atoms with Gasteiger partial charge in [0.25, 0.3) is 5.91 Å². The second kappa shape index (κ2) is 7.29. The summed E-state index contributed by atoms with van der Waals surface area (Å²) in [5.41, 5.74) is 2.91. The number of nitrogens with zero attached hydrogens (tertiary/aromatic N) is 2. The zero-order chi connectivity index (χ0) is 19.0. The summed E-state index contributed by atoms with van der Waals surface area (Å²) in [6.45, 7) is 2.13. The molecule has 27 heavy (non-hydrogen) atoms. The molecule has 0 spiro atoms. The van der Waals surface area contributed by atoms with Crippen LogP contribution in [-0.2, 0) is 17.9 Å². The van der Waals surface area contributed by atoms with Gasteiger partial charge in [-0.3, -0.25) is 4.79 Å². The normalized spacial score (nSPS) is 14.3. The van der Waals surface area contributed by atoms with E-state index < -0.39 is 0 Å². The number of thiophene rings is 1. The number of likely N-dealkylation sites (N-methyl/N-ethyl adjacent to an activating group) is 1. The van der Waals surface area contributed by atoms with Gasteiger partial charge in [0.1, 0.15) is 5.82 Å². The van der Waals surface area contributed by atoms with Gasteiger partial charge in [-0.25, -0.2) is 4.39 Å². The quantitative estimate of drug-likeness (QED) is 0.676. The first-order chi connectivity index (χ1) is 13.1. The van der Waals surface area contributed by atoms with E-state index in [2.05, 4.69) is 17.0 Å². The first-order valence-corrected chi connectivity index (χ1v) is 9.69. The van der Waals surface area contributed by atoms with Crippen molar-refractivity contribution in [2.75, 3.05) is 32.1 Å². The average Bonchev–Trinajstić information content (AvgIpc) is 2.95. The summed E-state index contributed by atoms with van der Waals surface area (Å²) in [6, 6.07) is 13.1. The number of methoxy groups -OCH3 is 1. The highest BCUT2D eigenvalue weighted by molar-refractivity contribution is 7.21. The van der Waals surface area contributed by atoms with Crippen molar-refractivity contribution in [3.63, 3.8) is 0 Å². The van der Waals surface area contributed by atoms with E-state index in [1.165, 1.54) is 17.4 Å². The van der Waals surface area contributed by atoms with Gasteiger partial charge in [-0.1, -0.05) is 24.3 Å². The molecule has 4 rings (SSSR count). The Morgan fingerprint density at radius 3 is 2.81 bits per heavy atom. The molecule has 2 aromatic carbocycles. The van der Waals surface area contributed by atoms with Crippen LogP contribution < -0.4 is 4.90 Å². The van der Waals surface area contributed by atoms with E-state index in [1.807, 2.05) is 30.1 Å². The van der Waals surface area contributed by atoms with Crippen LogP contribution in [0.2, 0.25) is 0 Å². The number of para-hydroxylation sites is 1. The predicted molar refractivity (Wildman–Crippen MR) is 107 cm³/mol. The fourth-order valence-electron chi connectivity index (χ4n) is 3.63. The molecule has 6 heteroatoms. The predicted octanol–water partition coefficient (Wildman–Crippen LogP) is 4.28. The van der Waals surface area contributed by atoms with Gasteiger partial charge < -0.3 is 14.5 Å². The largest absolute Gasteiger partial charge is 0.380 e. The highest BCUT2D eigenvalue weighted by atomic mass is 32.1. The molecule has 2 heterocycles. The molecular formula is C21H21FN2O2S. The highest BCUT2D eigenvalue weighted by Gasteiger charge is 2.27. The molecule has 0 aliphatic carbocycles. The zero-order valence-electron chi connectivity index (χ0n) is 15.4. The fraction of sp³-hybridized carbons (Fsp3) is 0.286. The van der Waals surface area contributed by atoms with Crippen molar-refractivity contribution in [3.05, 3.63) is 64.3 Å². The molecule has 0 radical (unpaired) electrons. The number of rotatable bonds is 3. The number of carbonyl (C=O) groups excluding carboxylic acids is 1. The molecule has 140 valence electrons. The molecule has 0 N–H and O–H groups in total. The second-order valence-electron chi connectivity index (χ2n) is 6.73. The summed E-state index contributed by atoms with van der Waals surface area (Å²) in [6.07, 6.45) is 0. The standard InChI is InChI=1S/C21H21FN2O2S/c1-23-10-11-24(12-14-6-3-4-8-17(14)23)21(25)20-15(13-26-2)19-16(22)7-5-9-18(19)27-20/h3-9H,10-13H2,1-2H3. The molecule has 1 amide bonds. The topological polar surface area (TPSA) is 32.8 Å². The maximum atomic E-state index is 14.4. The van der Waals surface area contributed by atoms with Gasteiger partial charge in [-0.15, -0.1) is 11.3 Å². The Balaban J connectivity index is 1.75. The van der Waals surface area contributed by atoms with Gasteiger partial charge in [0.15, 0.2) is 0 Å². The van der Waals surface area contributed by atoms with Crippen LogP contribution in [0.1, 0.15) is 20.8 Å². The average molecular weight is 384 g/mol. The van der Waals surface area contributed by atoms with E-state index in [9.17, 15) is 9.18 Å². The van der Waals surface area contributed by atoms with Gasteiger partial charge in [0.05, 0.1) is 11.5 Å². The number of fused-ring (bicyclic) bond motifs is 2. The molecule has 1 aliphatic rings. The van der Waals surface area contributed by atoms with Gasteiger partial charge in [-0.05, 0) is 23.8 Å².